The van der Waals surface area contributed by atoms with Crippen LogP contribution in [0.2, 0.25) is 0 Å². The van der Waals surface area contributed by atoms with Gasteiger partial charge >= 0.3 is 0 Å². The van der Waals surface area contributed by atoms with Gasteiger partial charge in [-0.2, -0.15) is 4.39 Å². The van der Waals surface area contributed by atoms with E-state index in [2.05, 4.69) is 10.3 Å². The van der Waals surface area contributed by atoms with E-state index in [0.717, 1.165) is 12.3 Å². The molecule has 2 rings (SSSR count). The van der Waals surface area contributed by atoms with Gasteiger partial charge in [0.2, 0.25) is 5.95 Å². The fraction of sp³-hybridized carbons (Fsp3) is 0.500. The Bertz CT molecular complexity index is 448. The van der Waals surface area contributed by atoms with Gasteiger partial charge in [0.05, 0.1) is 11.7 Å². The summed E-state index contributed by atoms with van der Waals surface area (Å²) in [6, 6.07) is 1.12. The monoisotopic (exact) mass is 256 g/mol. The second-order valence-electron chi connectivity index (χ2n) is 4.18. The van der Waals surface area contributed by atoms with E-state index in [0.29, 0.717) is 19.4 Å². The van der Waals surface area contributed by atoms with Gasteiger partial charge < -0.3 is 10.1 Å². The number of halogens is 2. The maximum atomic E-state index is 13.3. The summed E-state index contributed by atoms with van der Waals surface area (Å²) in [4.78, 5) is 14.8. The van der Waals surface area contributed by atoms with Crippen LogP contribution in [0.1, 0.15) is 30.1 Å². The third kappa shape index (κ3) is 2.64. The van der Waals surface area contributed by atoms with Crippen LogP contribution in [0.5, 0.6) is 0 Å². The van der Waals surface area contributed by atoms with Crippen LogP contribution in [-0.2, 0) is 4.74 Å². The van der Waals surface area contributed by atoms with Crippen molar-refractivity contribution in [1.82, 2.24) is 10.3 Å². The fourth-order valence-corrected chi connectivity index (χ4v) is 1.91. The molecule has 1 fully saturated rings. The highest BCUT2D eigenvalue weighted by molar-refractivity contribution is 5.94. The summed E-state index contributed by atoms with van der Waals surface area (Å²) in [7, 11) is 0. The average Bonchev–Trinajstić information content (AvgIpc) is 2.30. The Morgan fingerprint density at radius 3 is 2.94 bits per heavy atom. The first-order chi connectivity index (χ1) is 8.61. The Morgan fingerprint density at radius 1 is 1.56 bits per heavy atom. The molecule has 1 aliphatic rings. The first-order valence-corrected chi connectivity index (χ1v) is 5.84. The van der Waals surface area contributed by atoms with E-state index in [-0.39, 0.29) is 17.7 Å². The van der Waals surface area contributed by atoms with Gasteiger partial charge in [-0.1, -0.05) is 0 Å². The molecule has 0 saturated heterocycles. The van der Waals surface area contributed by atoms with E-state index in [9.17, 15) is 13.6 Å². The summed E-state index contributed by atoms with van der Waals surface area (Å²) < 4.78 is 31.5. The number of rotatable bonds is 4. The lowest BCUT2D eigenvalue weighted by molar-refractivity contribution is -0.00866. The van der Waals surface area contributed by atoms with Gasteiger partial charge in [-0.05, 0) is 25.8 Å². The number of carbonyl (C=O) groups excluding carboxylic acids is 1. The van der Waals surface area contributed by atoms with Gasteiger partial charge in [-0.25, -0.2) is 9.37 Å². The zero-order chi connectivity index (χ0) is 13.1. The van der Waals surface area contributed by atoms with Crippen LogP contribution in [0.15, 0.2) is 12.3 Å². The molecule has 1 saturated carbocycles. The van der Waals surface area contributed by atoms with E-state index in [1.54, 1.807) is 0 Å². The number of carbonyl (C=O) groups is 1. The predicted octanol–water partition coefficient (Wildman–Crippen LogP) is 1.66. The summed E-state index contributed by atoms with van der Waals surface area (Å²) in [5.74, 6) is -3.09. The lowest BCUT2D eigenvalue weighted by Crippen LogP contribution is -2.48. The number of pyridine rings is 1. The van der Waals surface area contributed by atoms with Crippen LogP contribution in [0.25, 0.3) is 0 Å². The first-order valence-electron chi connectivity index (χ1n) is 5.84. The standard InChI is InChI=1S/C12H14F2N2O2/c1-2-18-8-5-7(6-8)16-12(17)9-3-4-15-11(14)10(9)13/h3-4,7-8H,2,5-6H2,1H3,(H,16,17). The molecule has 1 amide bonds. The minimum atomic E-state index is -1.26. The Labute approximate surface area is 103 Å². The fourth-order valence-electron chi connectivity index (χ4n) is 1.91. The minimum Gasteiger partial charge on any atom is -0.378 e. The molecule has 0 atom stereocenters. The molecular formula is C12H14F2N2O2. The van der Waals surface area contributed by atoms with Gasteiger partial charge in [0.15, 0.2) is 5.82 Å². The highest BCUT2D eigenvalue weighted by Gasteiger charge is 2.31. The van der Waals surface area contributed by atoms with Gasteiger partial charge in [-0.15, -0.1) is 0 Å². The van der Waals surface area contributed by atoms with Crippen molar-refractivity contribution in [2.45, 2.75) is 31.9 Å². The summed E-state index contributed by atoms with van der Waals surface area (Å²) in [6.07, 6.45) is 2.62. The zero-order valence-corrected chi connectivity index (χ0v) is 9.95. The highest BCUT2D eigenvalue weighted by atomic mass is 19.2. The molecule has 0 spiro atoms. The van der Waals surface area contributed by atoms with Crippen LogP contribution in [0.4, 0.5) is 8.78 Å². The van der Waals surface area contributed by atoms with Crippen molar-refractivity contribution in [3.8, 4) is 0 Å². The van der Waals surface area contributed by atoms with E-state index in [4.69, 9.17) is 4.74 Å². The molecule has 4 nitrogen and oxygen atoms in total. The molecule has 0 aromatic carbocycles. The van der Waals surface area contributed by atoms with Crippen LogP contribution >= 0.6 is 0 Å². The molecular weight excluding hydrogens is 242 g/mol. The molecule has 1 heterocycles. The van der Waals surface area contributed by atoms with Crippen molar-refractivity contribution in [3.63, 3.8) is 0 Å². The number of nitrogens with one attached hydrogen (secondary N) is 1. The van der Waals surface area contributed by atoms with Gasteiger partial charge in [-0.3, -0.25) is 4.79 Å². The zero-order valence-electron chi connectivity index (χ0n) is 9.95. The van der Waals surface area contributed by atoms with Gasteiger partial charge in [0, 0.05) is 18.8 Å². The van der Waals surface area contributed by atoms with Crippen molar-refractivity contribution in [2.75, 3.05) is 6.61 Å². The predicted molar refractivity (Wildman–Crippen MR) is 60.1 cm³/mol. The van der Waals surface area contributed by atoms with Crippen molar-refractivity contribution in [2.24, 2.45) is 0 Å². The second kappa shape index (κ2) is 5.39. The summed E-state index contributed by atoms with van der Waals surface area (Å²) in [5.41, 5.74) is -0.317. The quantitative estimate of drug-likeness (QED) is 0.833. The van der Waals surface area contributed by atoms with Gasteiger partial charge in [0.25, 0.3) is 5.91 Å². The van der Waals surface area contributed by atoms with Crippen LogP contribution in [0.3, 0.4) is 0 Å². The Kier molecular flexibility index (Phi) is 3.86. The molecule has 1 N–H and O–H groups in total. The van der Waals surface area contributed by atoms with E-state index >= 15 is 0 Å². The molecule has 18 heavy (non-hydrogen) atoms. The Balaban J connectivity index is 1.91. The van der Waals surface area contributed by atoms with E-state index in [1.807, 2.05) is 6.92 Å². The molecule has 1 aliphatic carbocycles. The normalized spacial score (nSPS) is 22.4. The van der Waals surface area contributed by atoms with Gasteiger partial charge in [0.1, 0.15) is 0 Å². The third-order valence-corrected chi connectivity index (χ3v) is 2.92. The minimum absolute atomic E-state index is 0.0373. The molecule has 0 unspecified atom stereocenters. The van der Waals surface area contributed by atoms with Crippen molar-refractivity contribution < 1.29 is 18.3 Å². The lowest BCUT2D eigenvalue weighted by Gasteiger charge is -2.35. The van der Waals surface area contributed by atoms with Crippen molar-refractivity contribution in [3.05, 3.63) is 29.6 Å². The largest absolute Gasteiger partial charge is 0.378 e. The highest BCUT2D eigenvalue weighted by Crippen LogP contribution is 2.23. The summed E-state index contributed by atoms with van der Waals surface area (Å²) in [6.45, 7) is 2.54. The number of ether oxygens (including phenoxy) is 1. The van der Waals surface area contributed by atoms with E-state index in [1.165, 1.54) is 0 Å². The second-order valence-corrected chi connectivity index (χ2v) is 4.18. The Hall–Kier alpha value is -1.56. The lowest BCUT2D eigenvalue weighted by atomic mass is 9.89. The number of hydrogen-bond acceptors (Lipinski definition) is 3. The van der Waals surface area contributed by atoms with Crippen LogP contribution in [0, 0.1) is 11.8 Å². The smallest absolute Gasteiger partial charge is 0.254 e. The molecule has 98 valence electrons. The number of amides is 1. The number of nitrogens with zero attached hydrogens (tertiary/aromatic N) is 1. The summed E-state index contributed by atoms with van der Waals surface area (Å²) in [5, 5.41) is 2.64. The maximum absolute atomic E-state index is 13.3. The SMILES string of the molecule is CCOC1CC(NC(=O)c2ccnc(F)c2F)C1. The summed E-state index contributed by atoms with van der Waals surface area (Å²) >= 11 is 0. The molecule has 0 radical (unpaired) electrons. The Morgan fingerprint density at radius 2 is 2.28 bits per heavy atom. The molecule has 0 aliphatic heterocycles. The molecule has 6 heteroatoms. The molecule has 1 aromatic heterocycles. The van der Waals surface area contributed by atoms with E-state index < -0.39 is 17.7 Å². The van der Waals surface area contributed by atoms with Crippen LogP contribution in [-0.4, -0.2) is 29.6 Å². The number of hydrogen-bond donors (Lipinski definition) is 1. The number of aromatic nitrogens is 1. The van der Waals surface area contributed by atoms with Crippen molar-refractivity contribution >= 4 is 5.91 Å². The van der Waals surface area contributed by atoms with Crippen molar-refractivity contribution in [1.29, 1.82) is 0 Å². The van der Waals surface area contributed by atoms with Crippen LogP contribution < -0.4 is 5.32 Å². The molecule has 1 aromatic rings. The topological polar surface area (TPSA) is 51.2 Å². The molecule has 0 bridgehead atoms. The third-order valence-electron chi connectivity index (χ3n) is 2.92. The average molecular weight is 256 g/mol. The maximum Gasteiger partial charge on any atom is 0.254 e. The first kappa shape index (κ1) is 12.9.